The second-order valence-corrected chi connectivity index (χ2v) is 5.71. The van der Waals surface area contributed by atoms with Crippen LogP contribution in [0.1, 0.15) is 26.2 Å². The number of hydrogen-bond acceptors (Lipinski definition) is 5. The lowest BCUT2D eigenvalue weighted by atomic mass is 10.0. The van der Waals surface area contributed by atoms with Gasteiger partial charge in [0.25, 0.3) is 0 Å². The Kier molecular flexibility index (Phi) is 6.31. The largest absolute Gasteiger partial charge is 0.480 e. The molecular weight excluding hydrogens is 304 g/mol. The summed E-state index contributed by atoms with van der Waals surface area (Å²) < 4.78 is 0. The fourth-order valence-corrected chi connectivity index (χ4v) is 2.45. The first-order valence-electron chi connectivity index (χ1n) is 7.32. The number of nitrogens with one attached hydrogen (secondary N) is 3. The van der Waals surface area contributed by atoms with Crippen molar-refractivity contribution in [2.45, 2.75) is 37.8 Å². The van der Waals surface area contributed by atoms with Gasteiger partial charge in [0.1, 0.15) is 11.6 Å². The highest BCUT2D eigenvalue weighted by molar-refractivity contribution is 5.88. The molecule has 10 nitrogen and oxygen atoms in total. The van der Waals surface area contributed by atoms with E-state index in [0.717, 1.165) is 0 Å². The number of nitrogens with zero attached hydrogens (tertiary/aromatic N) is 1. The highest BCUT2D eigenvalue weighted by atomic mass is 16.4. The summed E-state index contributed by atoms with van der Waals surface area (Å²) in [5.41, 5.74) is 9.49. The van der Waals surface area contributed by atoms with E-state index in [1.807, 2.05) is 0 Å². The van der Waals surface area contributed by atoms with Crippen molar-refractivity contribution in [2.75, 3.05) is 19.6 Å². The fourth-order valence-electron chi connectivity index (χ4n) is 2.45. The predicted molar refractivity (Wildman–Crippen MR) is 82.5 cm³/mol. The summed E-state index contributed by atoms with van der Waals surface area (Å²) in [6.07, 6.45) is 1.03. The van der Waals surface area contributed by atoms with Gasteiger partial charge < -0.3 is 32.1 Å². The summed E-state index contributed by atoms with van der Waals surface area (Å²) >= 11 is 0. The Labute approximate surface area is 134 Å². The Morgan fingerprint density at radius 3 is 2.57 bits per heavy atom. The molecule has 0 bridgehead atoms. The lowest BCUT2D eigenvalue weighted by Crippen LogP contribution is -2.53. The maximum atomic E-state index is 12.5. The van der Waals surface area contributed by atoms with Crippen LogP contribution < -0.4 is 22.1 Å². The highest BCUT2D eigenvalue weighted by Crippen LogP contribution is 2.20. The van der Waals surface area contributed by atoms with Crippen LogP contribution in [0.2, 0.25) is 0 Å². The van der Waals surface area contributed by atoms with Crippen LogP contribution in [-0.2, 0) is 14.4 Å². The van der Waals surface area contributed by atoms with Gasteiger partial charge in [-0.05, 0) is 19.3 Å². The maximum Gasteiger partial charge on any atom is 0.325 e. The predicted octanol–water partition coefficient (Wildman–Crippen LogP) is -2.23. The van der Waals surface area contributed by atoms with Crippen molar-refractivity contribution in [3.05, 3.63) is 0 Å². The molecule has 1 fully saturated rings. The number of rotatable bonds is 7. The van der Waals surface area contributed by atoms with Crippen LogP contribution in [0.4, 0.5) is 0 Å². The number of carbonyl (C=O) groups is 3. The zero-order chi connectivity index (χ0) is 17.6. The topological polar surface area (TPSA) is 175 Å². The molecule has 130 valence electrons. The minimum atomic E-state index is -1.44. The van der Waals surface area contributed by atoms with Gasteiger partial charge in [-0.15, -0.1) is 0 Å². The third kappa shape index (κ3) is 5.40. The average Bonchev–Trinajstić information content (AvgIpc) is 2.85. The maximum absolute atomic E-state index is 12.5. The van der Waals surface area contributed by atoms with Gasteiger partial charge in [0.05, 0.1) is 0 Å². The molecule has 1 aliphatic heterocycles. The summed E-state index contributed by atoms with van der Waals surface area (Å²) in [7, 11) is 0. The van der Waals surface area contributed by atoms with Crippen molar-refractivity contribution in [3.63, 3.8) is 0 Å². The molecular formula is C13H24N6O4. The Morgan fingerprint density at radius 2 is 2.09 bits per heavy atom. The number of carboxylic acids is 1. The van der Waals surface area contributed by atoms with E-state index in [-0.39, 0.29) is 37.3 Å². The molecule has 2 amide bonds. The summed E-state index contributed by atoms with van der Waals surface area (Å²) in [4.78, 5) is 36.3. The molecule has 0 saturated carbocycles. The smallest absolute Gasteiger partial charge is 0.325 e. The molecule has 2 atom stereocenters. The average molecular weight is 328 g/mol. The van der Waals surface area contributed by atoms with Gasteiger partial charge in [0, 0.05) is 26.6 Å². The standard InChI is InChI=1S/C13H24N6O4/c1-8(20)18-9(3-2-5-17-12(14)15)10(21)19-6-4-13(16,7-19)11(22)23/h9H,2-7,16H2,1H3,(H,18,20)(H,22,23)(H4,14,15,17)/t9-,13?/m1/s1. The van der Waals surface area contributed by atoms with Crippen LogP contribution in [0.15, 0.2) is 0 Å². The molecule has 0 aromatic heterocycles. The first kappa shape index (κ1) is 18.7. The molecule has 1 heterocycles. The molecule has 1 rings (SSSR count). The molecule has 1 saturated heterocycles. The van der Waals surface area contributed by atoms with Crippen LogP contribution in [0.5, 0.6) is 0 Å². The molecule has 0 aromatic rings. The van der Waals surface area contributed by atoms with Crippen molar-refractivity contribution < 1.29 is 19.5 Å². The summed E-state index contributed by atoms with van der Waals surface area (Å²) in [6, 6.07) is -0.752. The molecule has 0 aromatic carbocycles. The normalized spacial score (nSPS) is 21.6. The van der Waals surface area contributed by atoms with Crippen LogP contribution >= 0.6 is 0 Å². The van der Waals surface area contributed by atoms with Gasteiger partial charge in [-0.1, -0.05) is 0 Å². The van der Waals surface area contributed by atoms with Gasteiger partial charge in [0.15, 0.2) is 5.96 Å². The van der Waals surface area contributed by atoms with Crippen molar-refractivity contribution in [3.8, 4) is 0 Å². The van der Waals surface area contributed by atoms with E-state index < -0.39 is 17.6 Å². The van der Waals surface area contributed by atoms with Gasteiger partial charge in [-0.25, -0.2) is 0 Å². The molecule has 8 N–H and O–H groups in total. The number of hydrogen-bond donors (Lipinski definition) is 6. The minimum absolute atomic E-state index is 0.0804. The summed E-state index contributed by atoms with van der Waals surface area (Å²) in [6.45, 7) is 1.86. The number of guanidine groups is 1. The van der Waals surface area contributed by atoms with Crippen LogP contribution in [-0.4, -0.2) is 65.0 Å². The fraction of sp³-hybridized carbons (Fsp3) is 0.692. The number of carbonyl (C=O) groups excluding carboxylic acids is 2. The SMILES string of the molecule is CC(=O)N[C@H](CCCNC(=N)N)C(=O)N1CCC(N)(C(=O)O)C1. The van der Waals surface area contributed by atoms with Gasteiger partial charge in [-0.2, -0.15) is 0 Å². The Bertz CT molecular complexity index is 497. The monoisotopic (exact) mass is 328 g/mol. The van der Waals surface area contributed by atoms with Crippen molar-refractivity contribution in [2.24, 2.45) is 11.5 Å². The van der Waals surface area contributed by atoms with E-state index in [1.54, 1.807) is 0 Å². The third-order valence-electron chi connectivity index (χ3n) is 3.70. The molecule has 1 aliphatic rings. The van der Waals surface area contributed by atoms with Gasteiger partial charge in [-0.3, -0.25) is 19.8 Å². The molecule has 0 radical (unpaired) electrons. The van der Waals surface area contributed by atoms with Crippen LogP contribution in [0, 0.1) is 5.41 Å². The van der Waals surface area contributed by atoms with E-state index >= 15 is 0 Å². The molecule has 10 heteroatoms. The van der Waals surface area contributed by atoms with Crippen molar-refractivity contribution in [1.82, 2.24) is 15.5 Å². The zero-order valence-corrected chi connectivity index (χ0v) is 13.1. The van der Waals surface area contributed by atoms with E-state index in [1.165, 1.54) is 11.8 Å². The second-order valence-electron chi connectivity index (χ2n) is 5.71. The number of likely N-dealkylation sites (tertiary alicyclic amines) is 1. The second kappa shape index (κ2) is 7.77. The van der Waals surface area contributed by atoms with E-state index in [4.69, 9.17) is 22.0 Å². The van der Waals surface area contributed by atoms with Crippen LogP contribution in [0.3, 0.4) is 0 Å². The third-order valence-corrected chi connectivity index (χ3v) is 3.70. The van der Waals surface area contributed by atoms with Crippen LogP contribution in [0.25, 0.3) is 0 Å². The van der Waals surface area contributed by atoms with Gasteiger partial charge in [0.2, 0.25) is 11.8 Å². The summed E-state index contributed by atoms with van der Waals surface area (Å²) in [5, 5.41) is 21.3. The van der Waals surface area contributed by atoms with Crippen molar-refractivity contribution in [1.29, 1.82) is 5.41 Å². The first-order chi connectivity index (χ1) is 10.7. The number of nitrogens with two attached hydrogens (primary N) is 2. The number of carboxylic acid groups (broad SMARTS) is 1. The molecule has 1 unspecified atom stereocenters. The first-order valence-corrected chi connectivity index (χ1v) is 7.32. The number of amides is 2. The Hall–Kier alpha value is -2.36. The summed E-state index contributed by atoms with van der Waals surface area (Å²) in [5.74, 6) is -2.01. The van der Waals surface area contributed by atoms with Crippen molar-refractivity contribution >= 4 is 23.7 Å². The Morgan fingerprint density at radius 1 is 1.43 bits per heavy atom. The lowest BCUT2D eigenvalue weighted by molar-refractivity contribution is -0.143. The Balaban J connectivity index is 2.63. The van der Waals surface area contributed by atoms with E-state index in [0.29, 0.717) is 19.4 Å². The molecule has 23 heavy (non-hydrogen) atoms. The quantitative estimate of drug-likeness (QED) is 0.174. The van der Waals surface area contributed by atoms with E-state index in [2.05, 4.69) is 10.6 Å². The van der Waals surface area contributed by atoms with E-state index in [9.17, 15) is 14.4 Å². The highest BCUT2D eigenvalue weighted by Gasteiger charge is 2.44. The number of aliphatic carboxylic acids is 1. The molecule has 0 spiro atoms. The van der Waals surface area contributed by atoms with Gasteiger partial charge >= 0.3 is 5.97 Å². The zero-order valence-electron chi connectivity index (χ0n) is 13.1. The lowest BCUT2D eigenvalue weighted by Gasteiger charge is -2.25. The minimum Gasteiger partial charge on any atom is -0.480 e. The molecule has 0 aliphatic carbocycles.